The third-order valence-corrected chi connectivity index (χ3v) is 7.35. The standard InChI is InChI=1S/C36H44N2/c1-33(2,3)27-14-24(15-28(19-27)34(4,5)6)23-13-26(21-37)32(22-38)31(18-23)25-16-29(35(7,8)9)20-30(17-25)36(10,11)12/h13-20H,1-12H3. The molecule has 0 N–H and O–H groups in total. The second-order valence-electron chi connectivity index (χ2n) is 14.8. The van der Waals surface area contributed by atoms with E-state index < -0.39 is 0 Å². The molecule has 38 heavy (non-hydrogen) atoms. The summed E-state index contributed by atoms with van der Waals surface area (Å²) in [4.78, 5) is 0. The molecule has 3 rings (SSSR count). The molecule has 0 aliphatic heterocycles. The molecule has 0 atom stereocenters. The maximum absolute atomic E-state index is 10.2. The van der Waals surface area contributed by atoms with Gasteiger partial charge in [0.1, 0.15) is 12.1 Å². The molecule has 0 aliphatic rings. The van der Waals surface area contributed by atoms with E-state index in [-0.39, 0.29) is 21.7 Å². The van der Waals surface area contributed by atoms with Crippen molar-refractivity contribution in [2.24, 2.45) is 0 Å². The maximum atomic E-state index is 10.2. The average Bonchev–Trinajstić information content (AvgIpc) is 2.80. The van der Waals surface area contributed by atoms with Gasteiger partial charge in [-0.15, -0.1) is 0 Å². The highest BCUT2D eigenvalue weighted by molar-refractivity contribution is 5.82. The van der Waals surface area contributed by atoms with E-state index in [2.05, 4.69) is 138 Å². The fourth-order valence-corrected chi connectivity index (χ4v) is 4.55. The molecule has 0 radical (unpaired) electrons. The summed E-state index contributed by atoms with van der Waals surface area (Å²) in [5, 5.41) is 20.3. The Labute approximate surface area is 231 Å². The van der Waals surface area contributed by atoms with E-state index in [4.69, 9.17) is 0 Å². The molecule has 0 saturated carbocycles. The Bertz CT molecular complexity index is 1380. The monoisotopic (exact) mass is 504 g/mol. The second kappa shape index (κ2) is 9.75. The number of nitriles is 2. The van der Waals surface area contributed by atoms with Crippen molar-refractivity contribution >= 4 is 0 Å². The van der Waals surface area contributed by atoms with Gasteiger partial charge in [-0.05, 0) is 72.7 Å². The molecular weight excluding hydrogens is 460 g/mol. The van der Waals surface area contributed by atoms with Gasteiger partial charge in [-0.25, -0.2) is 0 Å². The zero-order chi connectivity index (χ0) is 28.8. The summed E-state index contributed by atoms with van der Waals surface area (Å²) >= 11 is 0. The Morgan fingerprint density at radius 3 is 1.08 bits per heavy atom. The first-order valence-corrected chi connectivity index (χ1v) is 13.6. The van der Waals surface area contributed by atoms with Crippen LogP contribution in [-0.2, 0) is 21.7 Å². The smallest absolute Gasteiger partial charge is 0.101 e. The Morgan fingerprint density at radius 2 is 0.763 bits per heavy atom. The van der Waals surface area contributed by atoms with Crippen molar-refractivity contribution < 1.29 is 0 Å². The van der Waals surface area contributed by atoms with Crippen LogP contribution >= 0.6 is 0 Å². The van der Waals surface area contributed by atoms with Crippen LogP contribution in [0.25, 0.3) is 22.3 Å². The normalized spacial score (nSPS) is 12.7. The van der Waals surface area contributed by atoms with Crippen LogP contribution in [0.2, 0.25) is 0 Å². The predicted molar refractivity (Wildman–Crippen MR) is 162 cm³/mol. The summed E-state index contributed by atoms with van der Waals surface area (Å²) in [6.45, 7) is 26.7. The van der Waals surface area contributed by atoms with Gasteiger partial charge in [0.05, 0.1) is 11.1 Å². The molecule has 0 saturated heterocycles. The van der Waals surface area contributed by atoms with Crippen molar-refractivity contribution in [3.63, 3.8) is 0 Å². The van der Waals surface area contributed by atoms with E-state index in [1.807, 2.05) is 6.07 Å². The fraction of sp³-hybridized carbons (Fsp3) is 0.444. The van der Waals surface area contributed by atoms with Crippen molar-refractivity contribution in [2.75, 3.05) is 0 Å². The van der Waals surface area contributed by atoms with E-state index in [1.54, 1.807) is 0 Å². The van der Waals surface area contributed by atoms with Gasteiger partial charge in [-0.3, -0.25) is 0 Å². The molecule has 3 aromatic carbocycles. The molecule has 0 spiro atoms. The molecule has 0 unspecified atom stereocenters. The molecule has 0 bridgehead atoms. The van der Waals surface area contributed by atoms with Crippen LogP contribution in [0.3, 0.4) is 0 Å². The molecule has 2 nitrogen and oxygen atoms in total. The quantitative estimate of drug-likeness (QED) is 0.348. The van der Waals surface area contributed by atoms with Gasteiger partial charge < -0.3 is 0 Å². The molecule has 2 heteroatoms. The predicted octanol–water partition coefficient (Wildman–Crippen LogP) is 9.95. The van der Waals surface area contributed by atoms with Gasteiger partial charge in [0, 0.05) is 5.56 Å². The van der Waals surface area contributed by atoms with Crippen LogP contribution in [0, 0.1) is 22.7 Å². The summed E-state index contributed by atoms with van der Waals surface area (Å²) in [5.41, 5.74) is 9.50. The van der Waals surface area contributed by atoms with Crippen LogP contribution in [0.5, 0.6) is 0 Å². The molecule has 0 fully saturated rings. The Kier molecular flexibility index (Phi) is 7.49. The Hall–Kier alpha value is -3.36. The van der Waals surface area contributed by atoms with E-state index >= 15 is 0 Å². The van der Waals surface area contributed by atoms with Crippen molar-refractivity contribution in [1.82, 2.24) is 0 Å². The van der Waals surface area contributed by atoms with E-state index in [0.717, 1.165) is 22.3 Å². The van der Waals surface area contributed by atoms with Crippen LogP contribution in [-0.4, -0.2) is 0 Å². The Balaban J connectivity index is 2.44. The SMILES string of the molecule is CC(C)(C)c1cc(-c2cc(C#N)c(C#N)c(-c3cc(C(C)(C)C)cc(C(C)(C)C)c3)c2)cc(C(C)(C)C)c1. The third-order valence-electron chi connectivity index (χ3n) is 7.35. The van der Waals surface area contributed by atoms with Gasteiger partial charge in [-0.2, -0.15) is 10.5 Å². The lowest BCUT2D eigenvalue weighted by Gasteiger charge is -2.27. The number of benzene rings is 3. The minimum atomic E-state index is -0.0544. The van der Waals surface area contributed by atoms with Gasteiger partial charge in [0.15, 0.2) is 0 Å². The highest BCUT2D eigenvalue weighted by atomic mass is 14.3. The summed E-state index contributed by atoms with van der Waals surface area (Å²) in [7, 11) is 0. The first-order valence-electron chi connectivity index (χ1n) is 13.6. The number of hydrogen-bond acceptors (Lipinski definition) is 2. The number of nitrogens with zero attached hydrogens (tertiary/aromatic N) is 2. The highest BCUT2D eigenvalue weighted by Gasteiger charge is 2.24. The largest absolute Gasteiger partial charge is 0.192 e. The zero-order valence-electron chi connectivity index (χ0n) is 25.5. The van der Waals surface area contributed by atoms with Crippen LogP contribution in [0.15, 0.2) is 48.5 Å². The average molecular weight is 505 g/mol. The summed E-state index contributed by atoms with van der Waals surface area (Å²) in [6, 6.07) is 22.2. The van der Waals surface area contributed by atoms with Crippen molar-refractivity contribution in [2.45, 2.75) is 105 Å². The molecule has 0 amide bonds. The lowest BCUT2D eigenvalue weighted by Crippen LogP contribution is -2.16. The van der Waals surface area contributed by atoms with Gasteiger partial charge >= 0.3 is 0 Å². The first kappa shape index (κ1) is 29.2. The first-order chi connectivity index (χ1) is 17.3. The minimum absolute atomic E-state index is 0.0217. The van der Waals surface area contributed by atoms with Gasteiger partial charge in [-0.1, -0.05) is 119 Å². The van der Waals surface area contributed by atoms with E-state index in [1.165, 1.54) is 22.3 Å². The van der Waals surface area contributed by atoms with Crippen LogP contribution in [0.1, 0.15) is 116 Å². The summed E-state index contributed by atoms with van der Waals surface area (Å²) < 4.78 is 0. The van der Waals surface area contributed by atoms with E-state index in [9.17, 15) is 10.5 Å². The summed E-state index contributed by atoms with van der Waals surface area (Å²) in [6.07, 6.45) is 0. The number of rotatable bonds is 2. The lowest BCUT2D eigenvalue weighted by atomic mass is 9.77. The van der Waals surface area contributed by atoms with Crippen LogP contribution < -0.4 is 0 Å². The second-order valence-corrected chi connectivity index (χ2v) is 14.8. The zero-order valence-corrected chi connectivity index (χ0v) is 25.5. The molecule has 0 heterocycles. The minimum Gasteiger partial charge on any atom is -0.192 e. The Morgan fingerprint density at radius 1 is 0.421 bits per heavy atom. The lowest BCUT2D eigenvalue weighted by molar-refractivity contribution is 0.568. The molecular formula is C36H44N2. The summed E-state index contributed by atoms with van der Waals surface area (Å²) in [5.74, 6) is 0. The van der Waals surface area contributed by atoms with E-state index in [0.29, 0.717) is 11.1 Å². The van der Waals surface area contributed by atoms with Crippen molar-refractivity contribution in [1.29, 1.82) is 10.5 Å². The van der Waals surface area contributed by atoms with Gasteiger partial charge in [0.25, 0.3) is 0 Å². The topological polar surface area (TPSA) is 47.6 Å². The molecule has 198 valence electrons. The van der Waals surface area contributed by atoms with Gasteiger partial charge in [0.2, 0.25) is 0 Å². The molecule has 0 aromatic heterocycles. The third kappa shape index (κ3) is 6.19. The van der Waals surface area contributed by atoms with Crippen molar-refractivity contribution in [3.8, 4) is 34.4 Å². The van der Waals surface area contributed by atoms with Crippen molar-refractivity contribution in [3.05, 3.63) is 81.9 Å². The maximum Gasteiger partial charge on any atom is 0.101 e. The highest BCUT2D eigenvalue weighted by Crippen LogP contribution is 2.39. The molecule has 3 aromatic rings. The number of hydrogen-bond donors (Lipinski definition) is 0. The molecule has 0 aliphatic carbocycles. The fourth-order valence-electron chi connectivity index (χ4n) is 4.55. The van der Waals surface area contributed by atoms with Crippen LogP contribution in [0.4, 0.5) is 0 Å².